The number of hydrogen-bond acceptors (Lipinski definition) is 3. The molecule has 2 aromatic rings. The Labute approximate surface area is 100 Å². The van der Waals surface area contributed by atoms with Crippen molar-refractivity contribution in [2.75, 3.05) is 13.2 Å². The van der Waals surface area contributed by atoms with Crippen molar-refractivity contribution in [2.45, 2.75) is 0 Å². The molecule has 4 nitrogen and oxygen atoms in total. The van der Waals surface area contributed by atoms with Crippen molar-refractivity contribution < 1.29 is 4.74 Å². The lowest BCUT2D eigenvalue weighted by molar-refractivity contribution is 0.370. The molecule has 0 fully saturated rings. The van der Waals surface area contributed by atoms with Gasteiger partial charge in [0.15, 0.2) is 0 Å². The van der Waals surface area contributed by atoms with Crippen molar-refractivity contribution in [3.05, 3.63) is 43.0 Å². The van der Waals surface area contributed by atoms with E-state index >= 15 is 0 Å². The van der Waals surface area contributed by atoms with Gasteiger partial charge in [0.2, 0.25) is 0 Å². The minimum Gasteiger partial charge on any atom is -0.481 e. The second-order valence-corrected chi connectivity index (χ2v) is 3.31. The second-order valence-electron chi connectivity index (χ2n) is 3.31. The summed E-state index contributed by atoms with van der Waals surface area (Å²) in [5.41, 5.74) is 6.29. The number of imidazole rings is 1. The summed E-state index contributed by atoms with van der Waals surface area (Å²) in [6.45, 7) is 0.727. The van der Waals surface area contributed by atoms with Crippen LogP contribution in [0, 0.1) is 11.8 Å². The summed E-state index contributed by atoms with van der Waals surface area (Å²) in [6, 6.07) is 7.74. The Hall–Kier alpha value is -2.25. The van der Waals surface area contributed by atoms with Gasteiger partial charge in [-0.25, -0.2) is 4.98 Å². The Morgan fingerprint density at radius 2 is 2.06 bits per heavy atom. The second kappa shape index (κ2) is 5.73. The molecular weight excluding hydrogens is 214 g/mol. The lowest BCUT2D eigenvalue weighted by atomic mass is 10.3. The third-order valence-corrected chi connectivity index (χ3v) is 2.18. The molecular formula is C13H13N3O. The summed E-state index contributed by atoms with van der Waals surface area (Å²) in [6.07, 6.45) is 5.39. The standard InChI is InChI=1S/C13H13N3O/c14-7-1-2-10-17-13-5-3-12(4-6-13)16-9-8-15-11-16/h3-6,8-9,11H,7,10,14H2. The van der Waals surface area contributed by atoms with Gasteiger partial charge in [-0.15, -0.1) is 0 Å². The maximum atomic E-state index is 5.43. The minimum absolute atomic E-state index is 0.363. The quantitative estimate of drug-likeness (QED) is 0.802. The molecule has 0 bridgehead atoms. The Balaban J connectivity index is 1.99. The van der Waals surface area contributed by atoms with Crippen LogP contribution in [0.15, 0.2) is 43.0 Å². The van der Waals surface area contributed by atoms with Crippen LogP contribution in [-0.2, 0) is 0 Å². The molecule has 0 radical (unpaired) electrons. The molecule has 1 aromatic heterocycles. The molecule has 2 N–H and O–H groups in total. The average molecular weight is 227 g/mol. The van der Waals surface area contributed by atoms with E-state index in [9.17, 15) is 0 Å². The molecule has 2 rings (SSSR count). The topological polar surface area (TPSA) is 53.1 Å². The summed E-state index contributed by atoms with van der Waals surface area (Å²) in [4.78, 5) is 3.99. The fourth-order valence-corrected chi connectivity index (χ4v) is 1.37. The fourth-order valence-electron chi connectivity index (χ4n) is 1.37. The third-order valence-electron chi connectivity index (χ3n) is 2.18. The van der Waals surface area contributed by atoms with Crippen molar-refractivity contribution in [3.8, 4) is 23.3 Å². The lowest BCUT2D eigenvalue weighted by Crippen LogP contribution is -1.97. The van der Waals surface area contributed by atoms with Crippen molar-refractivity contribution >= 4 is 0 Å². The molecule has 0 aliphatic heterocycles. The zero-order valence-corrected chi connectivity index (χ0v) is 9.34. The first-order chi connectivity index (χ1) is 8.40. The van der Waals surface area contributed by atoms with E-state index in [2.05, 4.69) is 16.8 Å². The van der Waals surface area contributed by atoms with Crippen LogP contribution in [0.4, 0.5) is 0 Å². The SMILES string of the molecule is NCC#CCOc1ccc(-n2ccnc2)cc1. The molecule has 0 spiro atoms. The van der Waals surface area contributed by atoms with Crippen molar-refractivity contribution in [3.63, 3.8) is 0 Å². The molecule has 0 unspecified atom stereocenters. The maximum Gasteiger partial charge on any atom is 0.149 e. The number of ether oxygens (including phenoxy) is 1. The highest BCUT2D eigenvalue weighted by molar-refractivity contribution is 5.37. The van der Waals surface area contributed by atoms with E-state index in [0.717, 1.165) is 11.4 Å². The van der Waals surface area contributed by atoms with Crippen LogP contribution in [0.25, 0.3) is 5.69 Å². The van der Waals surface area contributed by atoms with Gasteiger partial charge in [-0.05, 0) is 24.3 Å². The van der Waals surface area contributed by atoms with Crippen molar-refractivity contribution in [1.82, 2.24) is 9.55 Å². The molecule has 17 heavy (non-hydrogen) atoms. The molecule has 0 saturated carbocycles. The largest absolute Gasteiger partial charge is 0.481 e. The highest BCUT2D eigenvalue weighted by Crippen LogP contribution is 2.14. The van der Waals surface area contributed by atoms with Gasteiger partial charge < -0.3 is 15.0 Å². The van der Waals surface area contributed by atoms with Crippen LogP contribution >= 0.6 is 0 Å². The number of benzene rings is 1. The number of nitrogens with zero attached hydrogens (tertiary/aromatic N) is 2. The Morgan fingerprint density at radius 3 is 2.71 bits per heavy atom. The lowest BCUT2D eigenvalue weighted by Gasteiger charge is -2.04. The maximum absolute atomic E-state index is 5.43. The normalized spacial score (nSPS) is 9.47. The molecule has 0 aliphatic carbocycles. The number of nitrogens with two attached hydrogens (primary N) is 1. The summed E-state index contributed by atoms with van der Waals surface area (Å²) in [7, 11) is 0. The first-order valence-electron chi connectivity index (χ1n) is 5.27. The molecule has 0 atom stereocenters. The van der Waals surface area contributed by atoms with E-state index in [4.69, 9.17) is 10.5 Å². The zero-order chi connectivity index (χ0) is 11.9. The summed E-state index contributed by atoms with van der Waals surface area (Å²) >= 11 is 0. The van der Waals surface area contributed by atoms with E-state index in [1.807, 2.05) is 35.0 Å². The van der Waals surface area contributed by atoms with Crippen molar-refractivity contribution in [1.29, 1.82) is 0 Å². The van der Waals surface area contributed by atoms with Gasteiger partial charge >= 0.3 is 0 Å². The third kappa shape index (κ3) is 3.10. The van der Waals surface area contributed by atoms with E-state index in [1.165, 1.54) is 0 Å². The smallest absolute Gasteiger partial charge is 0.149 e. The van der Waals surface area contributed by atoms with Gasteiger partial charge in [-0.1, -0.05) is 11.8 Å². The van der Waals surface area contributed by atoms with E-state index < -0.39 is 0 Å². The van der Waals surface area contributed by atoms with Crippen LogP contribution in [0.2, 0.25) is 0 Å². The highest BCUT2D eigenvalue weighted by atomic mass is 16.5. The van der Waals surface area contributed by atoms with E-state index in [0.29, 0.717) is 13.2 Å². The fraction of sp³-hybridized carbons (Fsp3) is 0.154. The van der Waals surface area contributed by atoms with Crippen molar-refractivity contribution in [2.24, 2.45) is 5.73 Å². The minimum atomic E-state index is 0.363. The van der Waals surface area contributed by atoms with E-state index in [-0.39, 0.29) is 0 Å². The van der Waals surface area contributed by atoms with Crippen LogP contribution < -0.4 is 10.5 Å². The van der Waals surface area contributed by atoms with Crippen LogP contribution in [-0.4, -0.2) is 22.7 Å². The predicted octanol–water partition coefficient (Wildman–Crippen LogP) is 1.21. The molecule has 0 amide bonds. The molecule has 0 aliphatic rings. The van der Waals surface area contributed by atoms with Gasteiger partial charge in [0.1, 0.15) is 12.4 Å². The van der Waals surface area contributed by atoms with E-state index in [1.54, 1.807) is 12.5 Å². The summed E-state index contributed by atoms with van der Waals surface area (Å²) in [5, 5.41) is 0. The zero-order valence-electron chi connectivity index (χ0n) is 9.34. The molecule has 0 saturated heterocycles. The van der Waals surface area contributed by atoms with Gasteiger partial charge in [0, 0.05) is 18.1 Å². The first-order valence-corrected chi connectivity index (χ1v) is 5.27. The van der Waals surface area contributed by atoms with Gasteiger partial charge in [0.05, 0.1) is 12.9 Å². The average Bonchev–Trinajstić information content (AvgIpc) is 2.89. The molecule has 4 heteroatoms. The summed E-state index contributed by atoms with van der Waals surface area (Å²) < 4.78 is 7.35. The Kier molecular flexibility index (Phi) is 3.79. The first kappa shape index (κ1) is 11.2. The predicted molar refractivity (Wildman–Crippen MR) is 65.9 cm³/mol. The molecule has 1 aromatic carbocycles. The van der Waals surface area contributed by atoms with Crippen LogP contribution in [0.5, 0.6) is 5.75 Å². The van der Waals surface area contributed by atoms with Gasteiger partial charge in [0.25, 0.3) is 0 Å². The Bertz CT molecular complexity index is 506. The van der Waals surface area contributed by atoms with Crippen LogP contribution in [0.3, 0.4) is 0 Å². The monoisotopic (exact) mass is 227 g/mol. The number of rotatable bonds is 3. The number of hydrogen-bond donors (Lipinski definition) is 1. The molecule has 86 valence electrons. The number of aromatic nitrogens is 2. The van der Waals surface area contributed by atoms with Gasteiger partial charge in [-0.3, -0.25) is 0 Å². The summed E-state index contributed by atoms with van der Waals surface area (Å²) in [5.74, 6) is 6.35. The highest BCUT2D eigenvalue weighted by Gasteiger charge is 1.96. The van der Waals surface area contributed by atoms with Crippen LogP contribution in [0.1, 0.15) is 0 Å². The Morgan fingerprint density at radius 1 is 1.24 bits per heavy atom. The molecule has 1 heterocycles. The van der Waals surface area contributed by atoms with Gasteiger partial charge in [-0.2, -0.15) is 0 Å².